The Kier molecular flexibility index (Phi) is 5.51. The minimum absolute atomic E-state index is 0.290. The van der Waals surface area contributed by atoms with Crippen molar-refractivity contribution in [1.29, 1.82) is 0 Å². The molecule has 2 rings (SSSR count). The Hall–Kier alpha value is -2.14. The van der Waals surface area contributed by atoms with Gasteiger partial charge in [-0.05, 0) is 24.9 Å². The zero-order valence-corrected chi connectivity index (χ0v) is 12.0. The Bertz CT molecular complexity index is 514. The van der Waals surface area contributed by atoms with Crippen molar-refractivity contribution in [2.75, 3.05) is 13.1 Å². The van der Waals surface area contributed by atoms with Gasteiger partial charge in [0.1, 0.15) is 0 Å². The van der Waals surface area contributed by atoms with Gasteiger partial charge in [-0.1, -0.05) is 42.5 Å². The first-order valence-corrected chi connectivity index (χ1v) is 7.22. The van der Waals surface area contributed by atoms with Crippen LogP contribution in [0.4, 0.5) is 4.79 Å². The zero-order valence-electron chi connectivity index (χ0n) is 12.0. The van der Waals surface area contributed by atoms with Crippen LogP contribution in [0.25, 0.3) is 6.08 Å². The maximum Gasteiger partial charge on any atom is 0.318 e. The molecule has 1 aliphatic rings. The third-order valence-electron chi connectivity index (χ3n) is 3.61. The molecule has 3 N–H and O–H groups in total. The summed E-state index contributed by atoms with van der Waals surface area (Å²) in [4.78, 5) is 24.3. The molecule has 1 aliphatic heterocycles. The minimum atomic E-state index is -0.790. The number of likely N-dealkylation sites (tertiary alicyclic amines) is 1. The molecule has 3 amide bonds. The maximum absolute atomic E-state index is 11.4. The number of rotatable bonds is 5. The summed E-state index contributed by atoms with van der Waals surface area (Å²) < 4.78 is 0. The van der Waals surface area contributed by atoms with Crippen molar-refractivity contribution in [1.82, 2.24) is 10.2 Å². The molecule has 5 nitrogen and oxygen atoms in total. The average Bonchev–Trinajstić information content (AvgIpc) is 2.91. The van der Waals surface area contributed by atoms with Gasteiger partial charge in [-0.15, -0.1) is 0 Å². The van der Waals surface area contributed by atoms with Crippen LogP contribution in [0.1, 0.15) is 24.8 Å². The molecule has 0 saturated carbocycles. The minimum Gasteiger partial charge on any atom is -0.351 e. The molecule has 1 fully saturated rings. The van der Waals surface area contributed by atoms with Gasteiger partial charge in [-0.25, -0.2) is 4.79 Å². The molecule has 21 heavy (non-hydrogen) atoms. The van der Waals surface area contributed by atoms with E-state index in [-0.39, 0.29) is 5.91 Å². The summed E-state index contributed by atoms with van der Waals surface area (Å²) in [6.45, 7) is 1.62. The molecule has 5 heteroatoms. The van der Waals surface area contributed by atoms with Crippen LogP contribution in [-0.2, 0) is 4.79 Å². The monoisotopic (exact) mass is 287 g/mol. The van der Waals surface area contributed by atoms with Crippen LogP contribution in [0.5, 0.6) is 0 Å². The Balaban J connectivity index is 1.84. The molecule has 1 heterocycles. The van der Waals surface area contributed by atoms with E-state index in [1.165, 1.54) is 5.56 Å². The van der Waals surface area contributed by atoms with Crippen molar-refractivity contribution < 1.29 is 9.59 Å². The third kappa shape index (κ3) is 5.04. The van der Waals surface area contributed by atoms with Gasteiger partial charge in [-0.3, -0.25) is 15.0 Å². The number of nitrogens with one attached hydrogen (secondary N) is 1. The molecular weight excluding hydrogens is 266 g/mol. The van der Waals surface area contributed by atoms with E-state index in [4.69, 9.17) is 5.73 Å². The van der Waals surface area contributed by atoms with Gasteiger partial charge in [0.15, 0.2) is 0 Å². The summed E-state index contributed by atoms with van der Waals surface area (Å²) in [5, 5.41) is 2.09. The molecule has 0 radical (unpaired) electrons. The molecule has 1 aromatic rings. The fourth-order valence-corrected chi connectivity index (χ4v) is 2.58. The first-order chi connectivity index (χ1) is 10.1. The van der Waals surface area contributed by atoms with Gasteiger partial charge in [0.25, 0.3) is 0 Å². The lowest BCUT2D eigenvalue weighted by molar-refractivity contribution is -0.120. The van der Waals surface area contributed by atoms with E-state index in [2.05, 4.69) is 34.5 Å². The number of urea groups is 1. The number of nitrogens with two attached hydrogens (primary N) is 1. The Morgan fingerprint density at radius 1 is 1.33 bits per heavy atom. The van der Waals surface area contributed by atoms with Crippen LogP contribution in [0.15, 0.2) is 36.4 Å². The number of imide groups is 1. The summed E-state index contributed by atoms with van der Waals surface area (Å²) in [7, 11) is 0. The standard InChI is InChI=1S/C16H21N3O2/c17-16(21)18-15(20)10-12-19-11-4-7-14(19)9-8-13-5-2-1-3-6-13/h1-3,5-6,8-9,14H,4,7,10-12H2,(H3,17,18,20,21)/b9-8+/t14-/m0/s1. The highest BCUT2D eigenvalue weighted by Gasteiger charge is 2.22. The van der Waals surface area contributed by atoms with E-state index >= 15 is 0 Å². The first-order valence-electron chi connectivity index (χ1n) is 7.22. The fraction of sp³-hybridized carbons (Fsp3) is 0.375. The molecule has 1 aromatic carbocycles. The smallest absolute Gasteiger partial charge is 0.318 e. The summed E-state index contributed by atoms with van der Waals surface area (Å²) in [5.41, 5.74) is 6.10. The zero-order chi connectivity index (χ0) is 15.1. The highest BCUT2D eigenvalue weighted by molar-refractivity contribution is 5.93. The number of nitrogens with zero attached hydrogens (tertiary/aromatic N) is 1. The summed E-state index contributed by atoms with van der Waals surface area (Å²) in [6, 6.07) is 9.72. The fourth-order valence-electron chi connectivity index (χ4n) is 2.58. The predicted octanol–water partition coefficient (Wildman–Crippen LogP) is 1.75. The Morgan fingerprint density at radius 3 is 2.81 bits per heavy atom. The SMILES string of the molecule is NC(=O)NC(=O)CCN1CCC[C@H]1/C=C/c1ccccc1. The number of primary amides is 1. The molecular formula is C16H21N3O2. The van der Waals surface area contributed by atoms with Gasteiger partial charge >= 0.3 is 6.03 Å². The van der Waals surface area contributed by atoms with Gasteiger partial charge in [0.2, 0.25) is 5.91 Å². The van der Waals surface area contributed by atoms with Crippen LogP contribution >= 0.6 is 0 Å². The van der Waals surface area contributed by atoms with Crippen LogP contribution in [0, 0.1) is 0 Å². The second kappa shape index (κ2) is 7.59. The van der Waals surface area contributed by atoms with E-state index < -0.39 is 6.03 Å². The molecule has 1 atom stereocenters. The van der Waals surface area contributed by atoms with Crippen LogP contribution in [0.3, 0.4) is 0 Å². The van der Waals surface area contributed by atoms with E-state index in [0.29, 0.717) is 19.0 Å². The second-order valence-electron chi connectivity index (χ2n) is 5.18. The number of carbonyl (C=O) groups is 2. The molecule has 0 aliphatic carbocycles. The topological polar surface area (TPSA) is 75.4 Å². The van der Waals surface area contributed by atoms with Crippen molar-refractivity contribution in [3.8, 4) is 0 Å². The van der Waals surface area contributed by atoms with Crippen molar-refractivity contribution in [2.45, 2.75) is 25.3 Å². The van der Waals surface area contributed by atoms with Crippen LogP contribution in [0.2, 0.25) is 0 Å². The maximum atomic E-state index is 11.4. The van der Waals surface area contributed by atoms with Crippen molar-refractivity contribution in [3.05, 3.63) is 42.0 Å². The van der Waals surface area contributed by atoms with E-state index in [0.717, 1.165) is 19.4 Å². The third-order valence-corrected chi connectivity index (χ3v) is 3.61. The van der Waals surface area contributed by atoms with Crippen molar-refractivity contribution in [3.63, 3.8) is 0 Å². The molecule has 0 aromatic heterocycles. The number of amides is 3. The largest absolute Gasteiger partial charge is 0.351 e. The predicted molar refractivity (Wildman–Crippen MR) is 82.4 cm³/mol. The van der Waals surface area contributed by atoms with Crippen LogP contribution in [-0.4, -0.2) is 36.0 Å². The van der Waals surface area contributed by atoms with Crippen molar-refractivity contribution in [2.24, 2.45) is 5.73 Å². The summed E-state index contributed by atoms with van der Waals surface area (Å²) >= 11 is 0. The Labute approximate surface area is 124 Å². The first kappa shape index (κ1) is 15.3. The van der Waals surface area contributed by atoms with Gasteiger partial charge in [-0.2, -0.15) is 0 Å². The number of carbonyl (C=O) groups excluding carboxylic acids is 2. The number of hydrogen-bond donors (Lipinski definition) is 2. The van der Waals surface area contributed by atoms with Gasteiger partial charge < -0.3 is 5.73 Å². The number of benzene rings is 1. The van der Waals surface area contributed by atoms with Crippen LogP contribution < -0.4 is 11.1 Å². The van der Waals surface area contributed by atoms with Gasteiger partial charge in [0.05, 0.1) is 0 Å². The summed E-state index contributed by atoms with van der Waals surface area (Å²) in [6.07, 6.45) is 6.82. The summed E-state index contributed by atoms with van der Waals surface area (Å²) in [5.74, 6) is -0.319. The lowest BCUT2D eigenvalue weighted by Crippen LogP contribution is -2.38. The van der Waals surface area contributed by atoms with E-state index in [9.17, 15) is 9.59 Å². The van der Waals surface area contributed by atoms with E-state index in [1.807, 2.05) is 18.2 Å². The van der Waals surface area contributed by atoms with Crippen molar-refractivity contribution >= 4 is 18.0 Å². The molecule has 112 valence electrons. The molecule has 0 spiro atoms. The normalized spacial score (nSPS) is 19.0. The molecule has 1 saturated heterocycles. The lowest BCUT2D eigenvalue weighted by Gasteiger charge is -2.21. The highest BCUT2D eigenvalue weighted by atomic mass is 16.2. The lowest BCUT2D eigenvalue weighted by atomic mass is 10.1. The highest BCUT2D eigenvalue weighted by Crippen LogP contribution is 2.19. The second-order valence-corrected chi connectivity index (χ2v) is 5.18. The average molecular weight is 287 g/mol. The molecule has 0 bridgehead atoms. The van der Waals surface area contributed by atoms with Gasteiger partial charge in [0, 0.05) is 19.0 Å². The quantitative estimate of drug-likeness (QED) is 0.866. The number of hydrogen-bond acceptors (Lipinski definition) is 3. The van der Waals surface area contributed by atoms with E-state index in [1.54, 1.807) is 0 Å². The molecule has 0 unspecified atom stereocenters. The Morgan fingerprint density at radius 2 is 2.10 bits per heavy atom.